The Bertz CT molecular complexity index is 173. The van der Waals surface area contributed by atoms with Crippen LogP contribution in [0.1, 0.15) is 19.3 Å². The van der Waals surface area contributed by atoms with E-state index in [1.165, 1.54) is 0 Å². The Labute approximate surface area is 85.2 Å². The van der Waals surface area contributed by atoms with Crippen molar-refractivity contribution in [1.82, 2.24) is 10.2 Å². The van der Waals surface area contributed by atoms with Gasteiger partial charge in [-0.25, -0.2) is 0 Å². The van der Waals surface area contributed by atoms with Crippen LogP contribution in [0.5, 0.6) is 0 Å². The van der Waals surface area contributed by atoms with Gasteiger partial charge in [-0.05, 0) is 39.4 Å². The molecule has 0 aromatic rings. The Hall–Kier alpha value is -0.160. The number of aliphatic hydroxyl groups is 1. The van der Waals surface area contributed by atoms with E-state index < -0.39 is 0 Å². The highest BCUT2D eigenvalue weighted by Crippen LogP contribution is 2.21. The summed E-state index contributed by atoms with van der Waals surface area (Å²) in [5.41, 5.74) is 0. The zero-order chi connectivity index (χ0) is 9.97. The van der Waals surface area contributed by atoms with Gasteiger partial charge in [-0.3, -0.25) is 4.90 Å². The molecule has 0 aromatic carbocycles. The second-order valence-electron chi connectivity index (χ2n) is 4.31. The summed E-state index contributed by atoms with van der Waals surface area (Å²) >= 11 is 0. The molecule has 2 fully saturated rings. The summed E-state index contributed by atoms with van der Waals surface area (Å²) in [4.78, 5) is 2.10. The molecule has 0 amide bonds. The molecule has 82 valence electrons. The Morgan fingerprint density at radius 2 is 2.00 bits per heavy atom. The largest absolute Gasteiger partial charge is 0.389 e. The lowest BCUT2D eigenvalue weighted by Crippen LogP contribution is -2.41. The number of aliphatic hydroxyl groups excluding tert-OH is 1. The van der Waals surface area contributed by atoms with Crippen molar-refractivity contribution in [3.05, 3.63) is 0 Å². The van der Waals surface area contributed by atoms with E-state index in [2.05, 4.69) is 10.2 Å². The molecule has 2 aliphatic heterocycles. The average Bonchev–Trinajstić information content (AvgIpc) is 2.51. The Morgan fingerprint density at radius 3 is 2.57 bits per heavy atom. The highest BCUT2D eigenvalue weighted by Gasteiger charge is 2.33. The number of likely N-dealkylation sites (N-methyl/N-ethyl adjacent to an activating group) is 1. The van der Waals surface area contributed by atoms with Crippen LogP contribution in [-0.4, -0.2) is 55.1 Å². The van der Waals surface area contributed by atoms with E-state index in [0.717, 1.165) is 38.9 Å². The lowest BCUT2D eigenvalue weighted by atomic mass is 10.1. The minimum Gasteiger partial charge on any atom is -0.389 e. The standard InChI is InChI=1S/C10H20N2O2/c1-12-7-4-9(13)10(12)14-8-2-5-11-6-3-8/h8-11,13H,2-7H2,1H3. The van der Waals surface area contributed by atoms with E-state index in [4.69, 9.17) is 4.74 Å². The van der Waals surface area contributed by atoms with Gasteiger partial charge in [0, 0.05) is 6.54 Å². The minimum atomic E-state index is -0.296. The maximum absolute atomic E-state index is 9.71. The summed E-state index contributed by atoms with van der Waals surface area (Å²) in [5.74, 6) is 0. The second kappa shape index (κ2) is 4.57. The fourth-order valence-corrected chi connectivity index (χ4v) is 2.22. The molecule has 0 aromatic heterocycles. The van der Waals surface area contributed by atoms with Gasteiger partial charge in [-0.2, -0.15) is 0 Å². The van der Waals surface area contributed by atoms with Gasteiger partial charge in [0.15, 0.2) is 0 Å². The monoisotopic (exact) mass is 200 g/mol. The predicted octanol–water partition coefficient (Wildman–Crippen LogP) is -0.223. The van der Waals surface area contributed by atoms with Crippen LogP contribution in [0.15, 0.2) is 0 Å². The number of rotatable bonds is 2. The molecule has 0 spiro atoms. The molecule has 0 aliphatic carbocycles. The van der Waals surface area contributed by atoms with Crippen molar-refractivity contribution >= 4 is 0 Å². The predicted molar refractivity (Wildman–Crippen MR) is 54.0 cm³/mol. The molecule has 4 heteroatoms. The highest BCUT2D eigenvalue weighted by atomic mass is 16.5. The summed E-state index contributed by atoms with van der Waals surface area (Å²) in [6, 6.07) is 0. The van der Waals surface area contributed by atoms with Crippen molar-refractivity contribution in [2.24, 2.45) is 0 Å². The first-order valence-corrected chi connectivity index (χ1v) is 5.52. The number of nitrogens with one attached hydrogen (secondary N) is 1. The van der Waals surface area contributed by atoms with Crippen LogP contribution in [-0.2, 0) is 4.74 Å². The van der Waals surface area contributed by atoms with Gasteiger partial charge in [0.2, 0.25) is 0 Å². The number of likely N-dealkylation sites (tertiary alicyclic amines) is 1. The molecule has 0 bridgehead atoms. The van der Waals surface area contributed by atoms with E-state index in [9.17, 15) is 5.11 Å². The Kier molecular flexibility index (Phi) is 3.38. The Morgan fingerprint density at radius 1 is 1.29 bits per heavy atom. The topological polar surface area (TPSA) is 44.7 Å². The third-order valence-corrected chi connectivity index (χ3v) is 3.16. The van der Waals surface area contributed by atoms with Crippen LogP contribution in [0.4, 0.5) is 0 Å². The van der Waals surface area contributed by atoms with Gasteiger partial charge in [0.1, 0.15) is 6.23 Å². The van der Waals surface area contributed by atoms with Crippen molar-refractivity contribution in [3.8, 4) is 0 Å². The van der Waals surface area contributed by atoms with E-state index in [-0.39, 0.29) is 12.3 Å². The van der Waals surface area contributed by atoms with Crippen LogP contribution in [0.3, 0.4) is 0 Å². The zero-order valence-corrected chi connectivity index (χ0v) is 8.78. The maximum atomic E-state index is 9.71. The number of hydrogen-bond acceptors (Lipinski definition) is 4. The first kappa shape index (κ1) is 10.4. The van der Waals surface area contributed by atoms with Gasteiger partial charge >= 0.3 is 0 Å². The lowest BCUT2D eigenvalue weighted by molar-refractivity contribution is -0.122. The molecule has 0 radical (unpaired) electrons. The quantitative estimate of drug-likeness (QED) is 0.647. The van der Waals surface area contributed by atoms with Gasteiger partial charge in [-0.15, -0.1) is 0 Å². The van der Waals surface area contributed by atoms with Gasteiger partial charge in [0.25, 0.3) is 0 Å². The van der Waals surface area contributed by atoms with Crippen molar-refractivity contribution in [2.45, 2.75) is 37.7 Å². The molecule has 0 saturated carbocycles. The normalized spacial score (nSPS) is 36.4. The van der Waals surface area contributed by atoms with Crippen LogP contribution >= 0.6 is 0 Å². The van der Waals surface area contributed by atoms with Crippen LogP contribution in [0.25, 0.3) is 0 Å². The summed E-state index contributed by atoms with van der Waals surface area (Å²) in [5, 5.41) is 13.0. The molecular weight excluding hydrogens is 180 g/mol. The van der Waals surface area contributed by atoms with Crippen LogP contribution in [0, 0.1) is 0 Å². The summed E-state index contributed by atoms with van der Waals surface area (Å²) in [6.45, 7) is 3.02. The third kappa shape index (κ3) is 2.25. The first-order chi connectivity index (χ1) is 6.77. The Balaban J connectivity index is 1.82. The molecule has 4 nitrogen and oxygen atoms in total. The molecule has 2 atom stereocenters. The number of piperidine rings is 1. The van der Waals surface area contributed by atoms with E-state index in [1.54, 1.807) is 0 Å². The molecular formula is C10H20N2O2. The molecule has 2 N–H and O–H groups in total. The van der Waals surface area contributed by atoms with Crippen molar-refractivity contribution in [3.63, 3.8) is 0 Å². The molecule has 2 saturated heterocycles. The molecule has 14 heavy (non-hydrogen) atoms. The molecule has 2 aliphatic rings. The van der Waals surface area contributed by atoms with Crippen molar-refractivity contribution in [2.75, 3.05) is 26.7 Å². The van der Waals surface area contributed by atoms with Gasteiger partial charge < -0.3 is 15.2 Å². The zero-order valence-electron chi connectivity index (χ0n) is 8.78. The molecule has 2 rings (SSSR count). The fraction of sp³-hybridized carbons (Fsp3) is 1.00. The summed E-state index contributed by atoms with van der Waals surface area (Å²) < 4.78 is 5.91. The van der Waals surface area contributed by atoms with Crippen LogP contribution < -0.4 is 5.32 Å². The SMILES string of the molecule is CN1CCC(O)C1OC1CCNCC1. The van der Waals surface area contributed by atoms with Crippen molar-refractivity contribution < 1.29 is 9.84 Å². The highest BCUT2D eigenvalue weighted by molar-refractivity contribution is 4.80. The second-order valence-corrected chi connectivity index (χ2v) is 4.31. The third-order valence-electron chi connectivity index (χ3n) is 3.16. The van der Waals surface area contributed by atoms with E-state index in [0.29, 0.717) is 6.10 Å². The first-order valence-electron chi connectivity index (χ1n) is 5.52. The summed E-state index contributed by atoms with van der Waals surface area (Å²) in [7, 11) is 2.02. The maximum Gasteiger partial charge on any atom is 0.136 e. The lowest BCUT2D eigenvalue weighted by Gasteiger charge is -2.30. The molecule has 2 heterocycles. The fourth-order valence-electron chi connectivity index (χ4n) is 2.22. The van der Waals surface area contributed by atoms with Gasteiger partial charge in [0.05, 0.1) is 12.2 Å². The van der Waals surface area contributed by atoms with Crippen LogP contribution in [0.2, 0.25) is 0 Å². The van der Waals surface area contributed by atoms with E-state index in [1.807, 2.05) is 7.05 Å². The van der Waals surface area contributed by atoms with Gasteiger partial charge in [-0.1, -0.05) is 0 Å². The smallest absolute Gasteiger partial charge is 0.136 e. The average molecular weight is 200 g/mol. The number of hydrogen-bond donors (Lipinski definition) is 2. The summed E-state index contributed by atoms with van der Waals surface area (Å²) in [6.07, 6.45) is 2.93. The number of ether oxygens (including phenoxy) is 1. The molecule has 2 unspecified atom stereocenters. The number of nitrogens with zero attached hydrogens (tertiary/aromatic N) is 1. The van der Waals surface area contributed by atoms with E-state index >= 15 is 0 Å². The minimum absolute atomic E-state index is 0.0712. The van der Waals surface area contributed by atoms with Crippen molar-refractivity contribution in [1.29, 1.82) is 0 Å².